The zero-order valence-electron chi connectivity index (χ0n) is 11.7. The molecule has 1 aliphatic heterocycles. The van der Waals surface area contributed by atoms with Gasteiger partial charge in [0.1, 0.15) is 0 Å². The average Bonchev–Trinajstić information content (AvgIpc) is 2.88. The van der Waals surface area contributed by atoms with Gasteiger partial charge in [0.05, 0.1) is 5.92 Å². The largest absolute Gasteiger partial charge is 0.481 e. The first-order valence-corrected chi connectivity index (χ1v) is 6.87. The molecule has 0 bridgehead atoms. The van der Waals surface area contributed by atoms with Gasteiger partial charge in [-0.3, -0.25) is 4.79 Å². The Labute approximate surface area is 114 Å². The summed E-state index contributed by atoms with van der Waals surface area (Å²) in [6.07, 6.45) is 1.97. The molecule has 6 heteroatoms. The van der Waals surface area contributed by atoms with Crippen molar-refractivity contribution < 1.29 is 19.4 Å². The second-order valence-electron chi connectivity index (χ2n) is 5.03. The molecule has 0 saturated carbocycles. The molecule has 6 nitrogen and oxygen atoms in total. The highest BCUT2D eigenvalue weighted by Crippen LogP contribution is 2.15. The Balaban J connectivity index is 2.26. The van der Waals surface area contributed by atoms with Crippen LogP contribution in [0.15, 0.2) is 0 Å². The smallest absolute Gasteiger partial charge is 0.317 e. The van der Waals surface area contributed by atoms with E-state index < -0.39 is 11.9 Å². The van der Waals surface area contributed by atoms with Gasteiger partial charge in [0, 0.05) is 32.8 Å². The van der Waals surface area contributed by atoms with Gasteiger partial charge >= 0.3 is 12.0 Å². The maximum Gasteiger partial charge on any atom is 0.317 e. The van der Waals surface area contributed by atoms with E-state index in [1.54, 1.807) is 6.92 Å². The Morgan fingerprint density at radius 1 is 1.53 bits per heavy atom. The Kier molecular flexibility index (Phi) is 6.62. The fourth-order valence-electron chi connectivity index (χ4n) is 2.07. The van der Waals surface area contributed by atoms with Crippen LogP contribution in [-0.4, -0.2) is 54.9 Å². The van der Waals surface area contributed by atoms with E-state index in [-0.39, 0.29) is 12.6 Å². The van der Waals surface area contributed by atoms with Crippen molar-refractivity contribution in [2.24, 2.45) is 11.8 Å². The number of hydrogen-bond donors (Lipinski definition) is 2. The lowest BCUT2D eigenvalue weighted by Crippen LogP contribution is -2.43. The normalized spacial score (nSPS) is 20.0. The van der Waals surface area contributed by atoms with Crippen LogP contribution in [0.2, 0.25) is 0 Å². The number of carboxylic acids is 1. The molecule has 2 atom stereocenters. The van der Waals surface area contributed by atoms with Gasteiger partial charge in [-0.2, -0.15) is 0 Å². The van der Waals surface area contributed by atoms with Crippen LogP contribution in [0.3, 0.4) is 0 Å². The Morgan fingerprint density at radius 3 is 2.79 bits per heavy atom. The number of amides is 2. The maximum absolute atomic E-state index is 11.9. The summed E-state index contributed by atoms with van der Waals surface area (Å²) in [6.45, 7) is 6.41. The summed E-state index contributed by atoms with van der Waals surface area (Å²) in [5.41, 5.74) is 0. The molecule has 1 fully saturated rings. The molecule has 0 spiro atoms. The highest BCUT2D eigenvalue weighted by atomic mass is 16.5. The number of nitrogens with one attached hydrogen (secondary N) is 1. The minimum absolute atomic E-state index is 0.186. The van der Waals surface area contributed by atoms with Crippen LogP contribution in [0, 0.1) is 11.8 Å². The molecule has 1 aliphatic rings. The third-order valence-corrected chi connectivity index (χ3v) is 3.44. The highest BCUT2D eigenvalue weighted by Gasteiger charge is 2.20. The van der Waals surface area contributed by atoms with E-state index >= 15 is 0 Å². The molecular formula is C13H24N2O4. The molecule has 19 heavy (non-hydrogen) atoms. The van der Waals surface area contributed by atoms with Gasteiger partial charge in [-0.15, -0.1) is 0 Å². The summed E-state index contributed by atoms with van der Waals surface area (Å²) < 4.78 is 5.27. The van der Waals surface area contributed by atoms with Gasteiger partial charge in [0.15, 0.2) is 0 Å². The van der Waals surface area contributed by atoms with E-state index in [9.17, 15) is 9.59 Å². The second-order valence-corrected chi connectivity index (χ2v) is 5.03. The number of aliphatic carboxylic acids is 1. The number of carbonyl (C=O) groups is 2. The van der Waals surface area contributed by atoms with Gasteiger partial charge in [0.25, 0.3) is 0 Å². The van der Waals surface area contributed by atoms with E-state index in [4.69, 9.17) is 9.84 Å². The van der Waals surface area contributed by atoms with Crippen molar-refractivity contribution >= 4 is 12.0 Å². The number of urea groups is 1. The number of nitrogens with zero attached hydrogens (tertiary/aromatic N) is 1. The van der Waals surface area contributed by atoms with Gasteiger partial charge in [-0.1, -0.05) is 6.92 Å². The molecule has 2 unspecified atom stereocenters. The lowest BCUT2D eigenvalue weighted by atomic mass is 10.1. The van der Waals surface area contributed by atoms with Crippen LogP contribution in [0.5, 0.6) is 0 Å². The quantitative estimate of drug-likeness (QED) is 0.729. The summed E-state index contributed by atoms with van der Waals surface area (Å²) in [7, 11) is 0. The van der Waals surface area contributed by atoms with Gasteiger partial charge in [0.2, 0.25) is 0 Å². The highest BCUT2D eigenvalue weighted by molar-refractivity contribution is 5.75. The number of carboxylic acid groups (broad SMARTS) is 1. The van der Waals surface area contributed by atoms with E-state index in [0.717, 1.165) is 26.1 Å². The van der Waals surface area contributed by atoms with Crippen LogP contribution in [0.4, 0.5) is 4.79 Å². The SMILES string of the molecule is CCN(CC(C)C(=O)O)C(=O)NCCC1CCOC1. The number of ether oxygens (including phenoxy) is 1. The van der Waals surface area contributed by atoms with Crippen LogP contribution >= 0.6 is 0 Å². The van der Waals surface area contributed by atoms with E-state index in [0.29, 0.717) is 19.0 Å². The predicted octanol–water partition coefficient (Wildman–Crippen LogP) is 1.17. The molecule has 0 aromatic rings. The van der Waals surface area contributed by atoms with Crippen molar-refractivity contribution in [3.05, 3.63) is 0 Å². The second kappa shape index (κ2) is 7.99. The first kappa shape index (κ1) is 15.8. The van der Waals surface area contributed by atoms with Crippen molar-refractivity contribution in [2.75, 3.05) is 32.8 Å². The van der Waals surface area contributed by atoms with Crippen molar-refractivity contribution in [1.29, 1.82) is 0 Å². The predicted molar refractivity (Wildman–Crippen MR) is 71.0 cm³/mol. The standard InChI is InChI=1S/C13H24N2O4/c1-3-15(8-10(2)12(16)17)13(18)14-6-4-11-5-7-19-9-11/h10-11H,3-9H2,1-2H3,(H,14,18)(H,16,17). The topological polar surface area (TPSA) is 78.9 Å². The number of carbonyl (C=O) groups excluding carboxylic acids is 1. The summed E-state index contributed by atoms with van der Waals surface area (Å²) in [4.78, 5) is 24.2. The lowest BCUT2D eigenvalue weighted by molar-refractivity contribution is -0.141. The molecular weight excluding hydrogens is 248 g/mol. The van der Waals surface area contributed by atoms with Gasteiger partial charge in [-0.05, 0) is 25.7 Å². The fraction of sp³-hybridized carbons (Fsp3) is 0.846. The van der Waals surface area contributed by atoms with Gasteiger partial charge in [-0.25, -0.2) is 4.79 Å². The summed E-state index contributed by atoms with van der Waals surface area (Å²) in [6, 6.07) is -0.186. The van der Waals surface area contributed by atoms with E-state index in [1.807, 2.05) is 6.92 Å². The zero-order valence-corrected chi connectivity index (χ0v) is 11.7. The summed E-state index contributed by atoms with van der Waals surface area (Å²) in [5, 5.41) is 11.7. The first-order chi connectivity index (χ1) is 9.04. The van der Waals surface area contributed by atoms with E-state index in [2.05, 4.69) is 5.32 Å². The summed E-state index contributed by atoms with van der Waals surface area (Å²) >= 11 is 0. The van der Waals surface area contributed by atoms with Crippen molar-refractivity contribution in [3.63, 3.8) is 0 Å². The van der Waals surface area contributed by atoms with Crippen molar-refractivity contribution in [3.8, 4) is 0 Å². The molecule has 2 N–H and O–H groups in total. The Morgan fingerprint density at radius 2 is 2.26 bits per heavy atom. The van der Waals surface area contributed by atoms with Crippen LogP contribution in [0.1, 0.15) is 26.7 Å². The first-order valence-electron chi connectivity index (χ1n) is 6.87. The van der Waals surface area contributed by atoms with Crippen LogP contribution < -0.4 is 5.32 Å². The average molecular weight is 272 g/mol. The molecule has 0 aromatic heterocycles. The van der Waals surface area contributed by atoms with Crippen molar-refractivity contribution in [1.82, 2.24) is 10.2 Å². The molecule has 1 rings (SSSR count). The molecule has 2 amide bonds. The van der Waals surface area contributed by atoms with Crippen LogP contribution in [0.25, 0.3) is 0 Å². The molecule has 1 heterocycles. The van der Waals surface area contributed by atoms with Crippen molar-refractivity contribution in [2.45, 2.75) is 26.7 Å². The third-order valence-electron chi connectivity index (χ3n) is 3.44. The third kappa shape index (κ3) is 5.46. The summed E-state index contributed by atoms with van der Waals surface area (Å²) in [5.74, 6) is -0.892. The maximum atomic E-state index is 11.9. The number of hydrogen-bond acceptors (Lipinski definition) is 3. The molecule has 0 radical (unpaired) electrons. The molecule has 0 aromatic carbocycles. The van der Waals surface area contributed by atoms with Crippen LogP contribution in [-0.2, 0) is 9.53 Å². The monoisotopic (exact) mass is 272 g/mol. The minimum Gasteiger partial charge on any atom is -0.481 e. The van der Waals surface area contributed by atoms with Gasteiger partial charge < -0.3 is 20.1 Å². The molecule has 110 valence electrons. The Bertz CT molecular complexity index is 303. The zero-order chi connectivity index (χ0) is 14.3. The fourth-order valence-corrected chi connectivity index (χ4v) is 2.07. The lowest BCUT2D eigenvalue weighted by Gasteiger charge is -2.23. The molecule has 0 aliphatic carbocycles. The van der Waals surface area contributed by atoms with E-state index in [1.165, 1.54) is 4.90 Å². The molecule has 1 saturated heterocycles. The Hall–Kier alpha value is -1.30. The minimum atomic E-state index is -0.880. The number of rotatable bonds is 7.